The molecular weight excluding hydrogens is 672 g/mol. The lowest BCUT2D eigenvalue weighted by Crippen LogP contribution is -2.51. The summed E-state index contributed by atoms with van der Waals surface area (Å²) in [6, 6.07) is 13.6. The van der Waals surface area contributed by atoms with Gasteiger partial charge >= 0.3 is 0 Å². The molecule has 4 heterocycles. The SMILES string of the molecule is C=C1CCC(N2C(=O)c3cccc(CCCCCNC(=O)c4ccc(Nc5ncc6cc(C(=O)N(C)C)n(C7CCCC7)c6n5)cc4)c3C2=O)C(=O)N1. The van der Waals surface area contributed by atoms with Crippen LogP contribution in [0.1, 0.15) is 111 Å². The van der Waals surface area contributed by atoms with Crippen LogP contribution in [0.5, 0.6) is 0 Å². The third-order valence-electron chi connectivity index (χ3n) is 10.4. The zero-order valence-electron chi connectivity index (χ0n) is 30.1. The molecule has 13 heteroatoms. The zero-order chi connectivity index (χ0) is 37.2. The van der Waals surface area contributed by atoms with Crippen molar-refractivity contribution in [1.29, 1.82) is 0 Å². The minimum Gasteiger partial charge on any atom is -0.352 e. The summed E-state index contributed by atoms with van der Waals surface area (Å²) in [5, 5.41) is 9.70. The highest BCUT2D eigenvalue weighted by Crippen LogP contribution is 2.35. The fourth-order valence-electron chi connectivity index (χ4n) is 7.62. The van der Waals surface area contributed by atoms with Crippen molar-refractivity contribution in [3.05, 3.63) is 95.0 Å². The summed E-state index contributed by atoms with van der Waals surface area (Å²) < 4.78 is 2.08. The van der Waals surface area contributed by atoms with Crippen molar-refractivity contribution in [2.75, 3.05) is 26.0 Å². The number of amides is 5. The van der Waals surface area contributed by atoms with E-state index in [0.717, 1.165) is 72.1 Å². The molecule has 0 spiro atoms. The van der Waals surface area contributed by atoms with Crippen LogP contribution in [0.2, 0.25) is 0 Å². The lowest BCUT2D eigenvalue weighted by Gasteiger charge is -2.29. The Labute approximate surface area is 307 Å². The Morgan fingerprint density at radius 2 is 1.75 bits per heavy atom. The topological polar surface area (TPSA) is 159 Å². The Morgan fingerprint density at radius 3 is 2.49 bits per heavy atom. The number of carbonyl (C=O) groups excluding carboxylic acids is 5. The van der Waals surface area contributed by atoms with E-state index in [-0.39, 0.29) is 23.8 Å². The quantitative estimate of drug-likeness (QED) is 0.128. The summed E-state index contributed by atoms with van der Waals surface area (Å²) in [5.41, 5.74) is 4.72. The van der Waals surface area contributed by atoms with Crippen LogP contribution in [0.4, 0.5) is 11.6 Å². The number of hydrogen-bond donors (Lipinski definition) is 3. The van der Waals surface area contributed by atoms with Crippen LogP contribution in [0.25, 0.3) is 11.0 Å². The third-order valence-corrected chi connectivity index (χ3v) is 10.4. The molecule has 1 aliphatic carbocycles. The van der Waals surface area contributed by atoms with Gasteiger partial charge in [-0.1, -0.05) is 38.0 Å². The van der Waals surface area contributed by atoms with Crippen LogP contribution in [0, 0.1) is 0 Å². The molecule has 3 N–H and O–H groups in total. The Balaban J connectivity index is 0.902. The summed E-state index contributed by atoms with van der Waals surface area (Å²) in [6.07, 6.45) is 9.81. The highest BCUT2D eigenvalue weighted by Gasteiger charge is 2.44. The van der Waals surface area contributed by atoms with Gasteiger partial charge in [0.05, 0.1) is 11.1 Å². The van der Waals surface area contributed by atoms with E-state index in [1.54, 1.807) is 49.5 Å². The van der Waals surface area contributed by atoms with Gasteiger partial charge in [0.25, 0.3) is 23.6 Å². The molecule has 13 nitrogen and oxygen atoms in total. The number of aromatic nitrogens is 3. The molecule has 3 aliphatic rings. The van der Waals surface area contributed by atoms with Gasteiger partial charge < -0.3 is 25.4 Å². The molecule has 53 heavy (non-hydrogen) atoms. The molecule has 1 unspecified atom stereocenters. The molecule has 2 aromatic heterocycles. The van der Waals surface area contributed by atoms with E-state index < -0.39 is 17.9 Å². The smallest absolute Gasteiger partial charge is 0.270 e. The molecule has 7 rings (SSSR count). The largest absolute Gasteiger partial charge is 0.352 e. The molecular formula is C40H44N8O5. The first kappa shape index (κ1) is 35.5. The Kier molecular flexibility index (Phi) is 10.1. The first-order valence-corrected chi connectivity index (χ1v) is 18.3. The molecule has 2 fully saturated rings. The fraction of sp³-hybridized carbons (Fsp3) is 0.375. The highest BCUT2D eigenvalue weighted by molar-refractivity contribution is 6.23. The number of hydrogen-bond acceptors (Lipinski definition) is 8. The van der Waals surface area contributed by atoms with Gasteiger partial charge in [-0.25, -0.2) is 4.98 Å². The van der Waals surface area contributed by atoms with E-state index in [1.165, 1.54) is 0 Å². The van der Waals surface area contributed by atoms with Gasteiger partial charge in [-0.2, -0.15) is 4.98 Å². The van der Waals surface area contributed by atoms with Crippen LogP contribution >= 0.6 is 0 Å². The molecule has 0 radical (unpaired) electrons. The van der Waals surface area contributed by atoms with Crippen molar-refractivity contribution < 1.29 is 24.0 Å². The van der Waals surface area contributed by atoms with Gasteiger partial charge in [-0.05, 0) is 86.9 Å². The number of imide groups is 1. The Hall–Kier alpha value is -5.85. The number of allylic oxidation sites excluding steroid dienone is 1. The summed E-state index contributed by atoms with van der Waals surface area (Å²) in [7, 11) is 3.51. The molecule has 2 aliphatic heterocycles. The Bertz CT molecular complexity index is 2110. The second-order valence-corrected chi connectivity index (χ2v) is 14.2. The number of rotatable bonds is 12. The number of benzene rings is 2. The number of nitrogens with zero attached hydrogens (tertiary/aromatic N) is 5. The molecule has 0 bridgehead atoms. The van der Waals surface area contributed by atoms with Crippen molar-refractivity contribution >= 4 is 52.2 Å². The molecule has 4 aromatic rings. The summed E-state index contributed by atoms with van der Waals surface area (Å²) >= 11 is 0. The molecule has 274 valence electrons. The zero-order valence-corrected chi connectivity index (χ0v) is 30.1. The number of unbranched alkanes of at least 4 members (excludes halogenated alkanes) is 2. The van der Waals surface area contributed by atoms with Crippen molar-refractivity contribution in [1.82, 2.24) is 35.0 Å². The average molecular weight is 717 g/mol. The van der Waals surface area contributed by atoms with Gasteiger partial charge in [0.15, 0.2) is 0 Å². The first-order valence-electron chi connectivity index (χ1n) is 18.3. The second-order valence-electron chi connectivity index (χ2n) is 14.2. The lowest BCUT2D eigenvalue weighted by atomic mass is 9.98. The first-order chi connectivity index (χ1) is 25.6. The molecule has 1 atom stereocenters. The minimum absolute atomic E-state index is 0.0581. The molecule has 1 saturated heterocycles. The van der Waals surface area contributed by atoms with E-state index in [9.17, 15) is 24.0 Å². The molecule has 1 saturated carbocycles. The molecule has 5 amide bonds. The van der Waals surface area contributed by atoms with Gasteiger partial charge in [-0.15, -0.1) is 0 Å². The second kappa shape index (κ2) is 15.0. The normalized spacial score (nSPS) is 17.3. The van der Waals surface area contributed by atoms with E-state index in [1.807, 2.05) is 24.3 Å². The predicted molar refractivity (Wildman–Crippen MR) is 200 cm³/mol. The highest BCUT2D eigenvalue weighted by atomic mass is 16.2. The standard InChI is InChI=1S/C40H44N8O5/c1-24-15-20-31(36(50)43-24)48-37(51)30-14-9-11-25(33(30)39(48)53)10-5-4-8-21-41-35(49)26-16-18-28(19-17-26)44-40-42-23-27-22-32(38(52)46(2)3)47(34(27)45-40)29-12-6-7-13-29/h9,11,14,16-19,22-23,29,31H,1,4-8,10,12-13,15,20-21H2,2-3H3,(H,41,49)(H,43,50)(H,42,44,45). The van der Waals surface area contributed by atoms with E-state index in [4.69, 9.17) is 4.98 Å². The number of aryl methyl sites for hydroxylation is 1. The molecule has 2 aromatic carbocycles. The van der Waals surface area contributed by atoms with Gasteiger partial charge in [0, 0.05) is 55.2 Å². The van der Waals surface area contributed by atoms with Crippen molar-refractivity contribution in [3.63, 3.8) is 0 Å². The average Bonchev–Trinajstić information content (AvgIpc) is 3.87. The van der Waals surface area contributed by atoms with Crippen LogP contribution in [0.3, 0.4) is 0 Å². The van der Waals surface area contributed by atoms with Crippen LogP contribution in [-0.4, -0.2) is 80.6 Å². The monoisotopic (exact) mass is 716 g/mol. The van der Waals surface area contributed by atoms with Crippen molar-refractivity contribution in [3.8, 4) is 0 Å². The van der Waals surface area contributed by atoms with Crippen molar-refractivity contribution in [2.24, 2.45) is 0 Å². The predicted octanol–water partition coefficient (Wildman–Crippen LogP) is 5.52. The van der Waals surface area contributed by atoms with E-state index >= 15 is 0 Å². The maximum atomic E-state index is 13.4. The summed E-state index contributed by atoms with van der Waals surface area (Å²) in [5.74, 6) is -1.06. The minimum atomic E-state index is -0.837. The maximum Gasteiger partial charge on any atom is 0.270 e. The van der Waals surface area contributed by atoms with Gasteiger partial charge in [0.1, 0.15) is 17.4 Å². The van der Waals surface area contributed by atoms with E-state index in [0.29, 0.717) is 59.8 Å². The van der Waals surface area contributed by atoms with Crippen LogP contribution < -0.4 is 16.0 Å². The Morgan fingerprint density at radius 1 is 0.981 bits per heavy atom. The number of fused-ring (bicyclic) bond motifs is 2. The number of piperidine rings is 1. The third kappa shape index (κ3) is 7.15. The number of carbonyl (C=O) groups is 5. The van der Waals surface area contributed by atoms with Gasteiger partial charge in [0.2, 0.25) is 11.9 Å². The number of anilines is 2. The lowest BCUT2D eigenvalue weighted by molar-refractivity contribution is -0.125. The summed E-state index contributed by atoms with van der Waals surface area (Å²) in [6.45, 7) is 4.27. The maximum absolute atomic E-state index is 13.4. The fourth-order valence-corrected chi connectivity index (χ4v) is 7.62. The summed E-state index contributed by atoms with van der Waals surface area (Å²) in [4.78, 5) is 77.0. The van der Waals surface area contributed by atoms with Crippen LogP contribution in [-0.2, 0) is 11.2 Å². The van der Waals surface area contributed by atoms with Crippen LogP contribution in [0.15, 0.2) is 67.0 Å². The van der Waals surface area contributed by atoms with Gasteiger partial charge in [-0.3, -0.25) is 28.9 Å². The van der Waals surface area contributed by atoms with Crippen molar-refractivity contribution in [2.45, 2.75) is 76.3 Å². The van der Waals surface area contributed by atoms with E-state index in [2.05, 4.69) is 32.1 Å². The number of nitrogens with one attached hydrogen (secondary N) is 3.